The normalized spacial score (nSPS) is 10.0. The van der Waals surface area contributed by atoms with Crippen LogP contribution in [-0.2, 0) is 9.53 Å². The van der Waals surface area contributed by atoms with Gasteiger partial charge in [-0.3, -0.25) is 4.79 Å². The topological polar surface area (TPSA) is 67.8 Å². The first kappa shape index (κ1) is 13.5. The molecular formula is C12H17NO4. The highest BCUT2D eigenvalue weighted by Gasteiger charge is 2.06. The van der Waals surface area contributed by atoms with Crippen LogP contribution in [0.5, 0.6) is 5.75 Å². The Bertz CT molecular complexity index is 354. The van der Waals surface area contributed by atoms with E-state index in [0.29, 0.717) is 24.5 Å². The molecule has 0 heterocycles. The highest BCUT2D eigenvalue weighted by atomic mass is 16.5. The van der Waals surface area contributed by atoms with Gasteiger partial charge in [-0.1, -0.05) is 12.1 Å². The van der Waals surface area contributed by atoms with Gasteiger partial charge in [-0.25, -0.2) is 0 Å². The number of carbonyl (C=O) groups is 1. The number of hydrogen-bond acceptors (Lipinski definition) is 4. The van der Waals surface area contributed by atoms with E-state index in [-0.39, 0.29) is 19.1 Å². The first-order valence-electron chi connectivity index (χ1n) is 5.39. The van der Waals surface area contributed by atoms with E-state index < -0.39 is 0 Å². The Kier molecular flexibility index (Phi) is 6.06. The second-order valence-electron chi connectivity index (χ2n) is 3.36. The van der Waals surface area contributed by atoms with Crippen molar-refractivity contribution in [1.82, 2.24) is 0 Å². The van der Waals surface area contributed by atoms with Crippen molar-refractivity contribution in [2.75, 3.05) is 32.2 Å². The smallest absolute Gasteiger partial charge is 0.226 e. The Morgan fingerprint density at radius 3 is 2.82 bits per heavy atom. The molecule has 0 bridgehead atoms. The van der Waals surface area contributed by atoms with Crippen molar-refractivity contribution in [1.29, 1.82) is 0 Å². The molecule has 0 aliphatic rings. The molecule has 0 aromatic heterocycles. The van der Waals surface area contributed by atoms with Crippen LogP contribution in [0.4, 0.5) is 5.69 Å². The maximum Gasteiger partial charge on any atom is 0.226 e. The van der Waals surface area contributed by atoms with Gasteiger partial charge < -0.3 is 19.9 Å². The van der Waals surface area contributed by atoms with Crippen molar-refractivity contribution in [2.24, 2.45) is 0 Å². The minimum absolute atomic E-state index is 0.0635. The number of rotatable bonds is 7. The summed E-state index contributed by atoms with van der Waals surface area (Å²) in [5.41, 5.74) is 0.599. The molecule has 17 heavy (non-hydrogen) atoms. The standard InChI is InChI=1S/C12H17NO4/c1-16-8-6-12(15)13-10-4-2-3-5-11(10)17-9-7-14/h2-5,14H,6-9H2,1H3,(H,13,15). The molecule has 0 saturated heterocycles. The van der Waals surface area contributed by atoms with Crippen LogP contribution in [0.2, 0.25) is 0 Å². The van der Waals surface area contributed by atoms with Gasteiger partial charge in [0.2, 0.25) is 5.91 Å². The third kappa shape index (κ3) is 4.84. The lowest BCUT2D eigenvalue weighted by Crippen LogP contribution is -2.14. The Labute approximate surface area is 100 Å². The summed E-state index contributed by atoms with van der Waals surface area (Å²) in [4.78, 5) is 11.5. The lowest BCUT2D eigenvalue weighted by Gasteiger charge is -2.11. The zero-order valence-electron chi connectivity index (χ0n) is 9.81. The SMILES string of the molecule is COCCC(=O)Nc1ccccc1OCCO. The third-order valence-electron chi connectivity index (χ3n) is 2.04. The van der Waals surface area contributed by atoms with Crippen LogP contribution < -0.4 is 10.1 Å². The van der Waals surface area contributed by atoms with E-state index in [0.717, 1.165) is 0 Å². The molecule has 0 radical (unpaired) electrons. The average Bonchev–Trinajstić information content (AvgIpc) is 2.35. The summed E-state index contributed by atoms with van der Waals surface area (Å²) in [6.07, 6.45) is 0.296. The molecule has 0 aliphatic heterocycles. The zero-order valence-corrected chi connectivity index (χ0v) is 9.81. The summed E-state index contributed by atoms with van der Waals surface area (Å²) >= 11 is 0. The third-order valence-corrected chi connectivity index (χ3v) is 2.04. The number of benzene rings is 1. The van der Waals surface area contributed by atoms with Gasteiger partial charge in [0, 0.05) is 7.11 Å². The van der Waals surface area contributed by atoms with Crippen molar-refractivity contribution in [3.63, 3.8) is 0 Å². The molecule has 0 fully saturated rings. The highest BCUT2D eigenvalue weighted by Crippen LogP contribution is 2.23. The van der Waals surface area contributed by atoms with E-state index in [4.69, 9.17) is 14.6 Å². The van der Waals surface area contributed by atoms with Crippen LogP contribution in [-0.4, -0.2) is 37.9 Å². The predicted octanol–water partition coefficient (Wildman–Crippen LogP) is 1.03. The largest absolute Gasteiger partial charge is 0.489 e. The molecule has 0 spiro atoms. The number of anilines is 1. The van der Waals surface area contributed by atoms with Crippen molar-refractivity contribution >= 4 is 11.6 Å². The molecule has 1 rings (SSSR count). The Morgan fingerprint density at radius 1 is 1.35 bits per heavy atom. The Balaban J connectivity index is 2.59. The van der Waals surface area contributed by atoms with Crippen LogP contribution in [0, 0.1) is 0 Å². The van der Waals surface area contributed by atoms with Gasteiger partial charge in [-0.05, 0) is 12.1 Å². The summed E-state index contributed by atoms with van der Waals surface area (Å²) in [5.74, 6) is 0.416. The molecule has 5 heteroatoms. The minimum Gasteiger partial charge on any atom is -0.489 e. The maximum atomic E-state index is 11.5. The van der Waals surface area contributed by atoms with Gasteiger partial charge in [-0.2, -0.15) is 0 Å². The number of nitrogens with one attached hydrogen (secondary N) is 1. The summed E-state index contributed by atoms with van der Waals surface area (Å²) in [6, 6.07) is 7.09. The van der Waals surface area contributed by atoms with Crippen LogP contribution >= 0.6 is 0 Å². The highest BCUT2D eigenvalue weighted by molar-refractivity contribution is 5.92. The zero-order chi connectivity index (χ0) is 12.5. The monoisotopic (exact) mass is 239 g/mol. The average molecular weight is 239 g/mol. The van der Waals surface area contributed by atoms with Crippen molar-refractivity contribution < 1.29 is 19.4 Å². The van der Waals surface area contributed by atoms with Gasteiger partial charge in [-0.15, -0.1) is 0 Å². The Morgan fingerprint density at radius 2 is 2.12 bits per heavy atom. The summed E-state index contributed by atoms with van der Waals surface area (Å²) in [6.45, 7) is 0.516. The fourth-order valence-electron chi connectivity index (χ4n) is 1.26. The second-order valence-corrected chi connectivity index (χ2v) is 3.36. The van der Waals surface area contributed by atoms with E-state index in [9.17, 15) is 4.79 Å². The quantitative estimate of drug-likeness (QED) is 0.745. The van der Waals surface area contributed by atoms with Gasteiger partial charge in [0.05, 0.1) is 25.3 Å². The lowest BCUT2D eigenvalue weighted by atomic mass is 10.3. The number of ether oxygens (including phenoxy) is 2. The number of amides is 1. The lowest BCUT2D eigenvalue weighted by molar-refractivity contribution is -0.117. The van der Waals surface area contributed by atoms with Crippen LogP contribution in [0.3, 0.4) is 0 Å². The van der Waals surface area contributed by atoms with E-state index in [1.165, 1.54) is 0 Å². The summed E-state index contributed by atoms with van der Waals surface area (Å²) in [5, 5.41) is 11.4. The molecule has 0 saturated carbocycles. The summed E-state index contributed by atoms with van der Waals surface area (Å²) < 4.78 is 10.1. The first-order valence-corrected chi connectivity index (χ1v) is 5.39. The molecule has 5 nitrogen and oxygen atoms in total. The van der Waals surface area contributed by atoms with E-state index in [1.807, 2.05) is 0 Å². The number of aliphatic hydroxyl groups is 1. The molecule has 1 amide bonds. The van der Waals surface area contributed by atoms with E-state index in [2.05, 4.69) is 5.32 Å². The van der Waals surface area contributed by atoms with Crippen LogP contribution in [0.1, 0.15) is 6.42 Å². The molecule has 0 atom stereocenters. The molecule has 0 unspecified atom stereocenters. The van der Waals surface area contributed by atoms with E-state index >= 15 is 0 Å². The fraction of sp³-hybridized carbons (Fsp3) is 0.417. The second kappa shape index (κ2) is 7.65. The predicted molar refractivity (Wildman–Crippen MR) is 64.1 cm³/mol. The fourth-order valence-corrected chi connectivity index (χ4v) is 1.26. The maximum absolute atomic E-state index is 11.5. The van der Waals surface area contributed by atoms with E-state index in [1.54, 1.807) is 31.4 Å². The van der Waals surface area contributed by atoms with Crippen molar-refractivity contribution in [3.8, 4) is 5.75 Å². The summed E-state index contributed by atoms with van der Waals surface area (Å²) in [7, 11) is 1.55. The molecule has 1 aromatic carbocycles. The van der Waals surface area contributed by atoms with Gasteiger partial charge >= 0.3 is 0 Å². The molecule has 0 aliphatic carbocycles. The first-order chi connectivity index (χ1) is 8.27. The number of aliphatic hydroxyl groups excluding tert-OH is 1. The number of carbonyl (C=O) groups excluding carboxylic acids is 1. The van der Waals surface area contributed by atoms with Crippen LogP contribution in [0.25, 0.3) is 0 Å². The Hall–Kier alpha value is -1.59. The van der Waals surface area contributed by atoms with Gasteiger partial charge in [0.15, 0.2) is 0 Å². The van der Waals surface area contributed by atoms with Gasteiger partial charge in [0.25, 0.3) is 0 Å². The number of methoxy groups -OCH3 is 1. The minimum atomic E-state index is -0.133. The molecule has 94 valence electrons. The molecule has 2 N–H and O–H groups in total. The van der Waals surface area contributed by atoms with Crippen molar-refractivity contribution in [3.05, 3.63) is 24.3 Å². The number of para-hydroxylation sites is 2. The van der Waals surface area contributed by atoms with Gasteiger partial charge in [0.1, 0.15) is 12.4 Å². The molecular weight excluding hydrogens is 222 g/mol. The van der Waals surface area contributed by atoms with Crippen LogP contribution in [0.15, 0.2) is 24.3 Å². The molecule has 1 aromatic rings. The van der Waals surface area contributed by atoms with Crippen molar-refractivity contribution in [2.45, 2.75) is 6.42 Å². The number of hydrogen-bond donors (Lipinski definition) is 2.